The van der Waals surface area contributed by atoms with Crippen molar-refractivity contribution in [1.29, 1.82) is 0 Å². The summed E-state index contributed by atoms with van der Waals surface area (Å²) in [5.74, 6) is 0.653. The lowest BCUT2D eigenvalue weighted by Gasteiger charge is -2.13. The fraction of sp³-hybridized carbons (Fsp3) is 0.367. The summed E-state index contributed by atoms with van der Waals surface area (Å²) in [5.41, 5.74) is 6.01. The number of aromatic amines is 1. The average Bonchev–Trinajstić information content (AvgIpc) is 3.14. The van der Waals surface area contributed by atoms with Gasteiger partial charge in [0.05, 0.1) is 11.2 Å². The highest BCUT2D eigenvalue weighted by molar-refractivity contribution is 6.08. The first-order valence-corrected chi connectivity index (χ1v) is 12.8. The minimum atomic E-state index is 0.221. The van der Waals surface area contributed by atoms with E-state index in [9.17, 15) is 4.79 Å². The highest BCUT2D eigenvalue weighted by Gasteiger charge is 2.17. The molecule has 174 valence electrons. The molecule has 1 aromatic heterocycles. The summed E-state index contributed by atoms with van der Waals surface area (Å²) in [5, 5.41) is 8.79. The van der Waals surface area contributed by atoms with Gasteiger partial charge in [0.2, 0.25) is 0 Å². The molecule has 2 heterocycles. The number of carbonyl (C=O) groups is 1. The number of Topliss-reactive ketones (excluding diaryl/α,β-unsaturated/α-hetero) is 1. The number of hydrogen-bond donors (Lipinski definition) is 1. The molecular weight excluding hydrogens is 418 g/mol. The summed E-state index contributed by atoms with van der Waals surface area (Å²) in [6.45, 7) is 0. The second kappa shape index (κ2) is 10.8. The second-order valence-corrected chi connectivity index (χ2v) is 9.57. The van der Waals surface area contributed by atoms with Crippen molar-refractivity contribution in [2.75, 3.05) is 0 Å². The number of aromatic nitrogens is 2. The van der Waals surface area contributed by atoms with Crippen LogP contribution in [0.4, 0.5) is 0 Å². The number of carbonyl (C=O) groups excluding carboxylic acids is 1. The molecule has 0 saturated heterocycles. The van der Waals surface area contributed by atoms with E-state index in [1.54, 1.807) is 0 Å². The number of ketones is 1. The molecule has 4 heteroatoms. The van der Waals surface area contributed by atoms with E-state index in [2.05, 4.69) is 40.5 Å². The molecule has 0 radical (unpaired) electrons. The van der Waals surface area contributed by atoms with Crippen LogP contribution in [0, 0.1) is 5.92 Å². The number of rotatable bonds is 6. The minimum Gasteiger partial charge on any atom is -0.289 e. The van der Waals surface area contributed by atoms with Crippen LogP contribution in [0.15, 0.2) is 71.2 Å². The standard InChI is InChI=1S/C30H33N3O/c34-30(24-12-4-2-1-3-5-13-24)25-14-8-10-22(20-25)17-18-23-11-9-19-31-28(21-23)29-26-15-6-7-16-27(26)32-33-29/h6-8,10,12,14-16,19-21,23H,1-5,9,11,13,17-18H2,(H,32,33). The lowest BCUT2D eigenvalue weighted by atomic mass is 9.91. The van der Waals surface area contributed by atoms with Crippen molar-refractivity contribution in [2.24, 2.45) is 10.9 Å². The van der Waals surface area contributed by atoms with Gasteiger partial charge in [0.1, 0.15) is 5.69 Å². The molecule has 3 aromatic rings. The molecule has 34 heavy (non-hydrogen) atoms. The predicted octanol–water partition coefficient (Wildman–Crippen LogP) is 7.48. The van der Waals surface area contributed by atoms with Crippen molar-refractivity contribution >= 4 is 28.6 Å². The summed E-state index contributed by atoms with van der Waals surface area (Å²) in [6.07, 6.45) is 17.3. The Labute approximate surface area is 201 Å². The van der Waals surface area contributed by atoms with E-state index in [1.165, 1.54) is 24.8 Å². The highest BCUT2D eigenvalue weighted by Crippen LogP contribution is 2.29. The first kappa shape index (κ1) is 22.5. The molecule has 5 rings (SSSR count). The van der Waals surface area contributed by atoms with Gasteiger partial charge in [0.25, 0.3) is 0 Å². The van der Waals surface area contributed by atoms with Crippen LogP contribution in [0.3, 0.4) is 0 Å². The number of allylic oxidation sites excluding steroid dienone is 3. The van der Waals surface area contributed by atoms with Crippen LogP contribution in [0.25, 0.3) is 16.6 Å². The minimum absolute atomic E-state index is 0.221. The molecule has 1 N–H and O–H groups in total. The topological polar surface area (TPSA) is 58.1 Å². The van der Waals surface area contributed by atoms with Crippen molar-refractivity contribution in [3.63, 3.8) is 0 Å². The molecule has 2 aromatic carbocycles. The lowest BCUT2D eigenvalue weighted by Crippen LogP contribution is -2.06. The van der Waals surface area contributed by atoms with Crippen molar-refractivity contribution in [3.05, 3.63) is 83.1 Å². The monoisotopic (exact) mass is 451 g/mol. The first-order valence-electron chi connectivity index (χ1n) is 12.8. The van der Waals surface area contributed by atoms with Gasteiger partial charge in [-0.3, -0.25) is 14.9 Å². The Morgan fingerprint density at radius 3 is 2.88 bits per heavy atom. The molecule has 0 amide bonds. The molecule has 2 aliphatic rings. The van der Waals surface area contributed by atoms with Gasteiger partial charge >= 0.3 is 0 Å². The maximum atomic E-state index is 13.1. The van der Waals surface area contributed by atoms with Crippen LogP contribution in [0.2, 0.25) is 0 Å². The highest BCUT2D eigenvalue weighted by atomic mass is 16.1. The summed E-state index contributed by atoms with van der Waals surface area (Å²) in [6, 6.07) is 16.5. The van der Waals surface area contributed by atoms with Gasteiger partial charge in [0, 0.05) is 17.2 Å². The van der Waals surface area contributed by atoms with Crippen molar-refractivity contribution in [3.8, 4) is 0 Å². The average molecular weight is 452 g/mol. The van der Waals surface area contributed by atoms with Crippen LogP contribution in [0.1, 0.15) is 79.4 Å². The van der Waals surface area contributed by atoms with Gasteiger partial charge in [-0.1, -0.05) is 61.4 Å². The van der Waals surface area contributed by atoms with Gasteiger partial charge in [0.15, 0.2) is 5.78 Å². The zero-order valence-electron chi connectivity index (χ0n) is 19.8. The largest absolute Gasteiger partial charge is 0.289 e. The van der Waals surface area contributed by atoms with E-state index >= 15 is 0 Å². The Morgan fingerprint density at radius 2 is 1.91 bits per heavy atom. The van der Waals surface area contributed by atoms with Gasteiger partial charge in [-0.25, -0.2) is 0 Å². The molecule has 0 saturated carbocycles. The number of aliphatic imine (C=N–C) groups is 1. The van der Waals surface area contributed by atoms with E-state index in [0.717, 1.165) is 78.4 Å². The third-order valence-electron chi connectivity index (χ3n) is 7.08. The second-order valence-electron chi connectivity index (χ2n) is 9.57. The van der Waals surface area contributed by atoms with Crippen LogP contribution in [0.5, 0.6) is 0 Å². The molecule has 1 atom stereocenters. The molecule has 1 unspecified atom stereocenters. The van der Waals surface area contributed by atoms with E-state index < -0.39 is 0 Å². The van der Waals surface area contributed by atoms with Crippen LogP contribution >= 0.6 is 0 Å². The Bertz CT molecular complexity index is 1250. The van der Waals surface area contributed by atoms with Gasteiger partial charge in [-0.15, -0.1) is 0 Å². The van der Waals surface area contributed by atoms with Gasteiger partial charge in [-0.2, -0.15) is 5.10 Å². The Balaban J connectivity index is 1.29. The molecule has 1 aliphatic carbocycles. The quantitative estimate of drug-likeness (QED) is 0.395. The fourth-order valence-corrected chi connectivity index (χ4v) is 5.13. The zero-order valence-corrected chi connectivity index (χ0v) is 19.8. The summed E-state index contributed by atoms with van der Waals surface area (Å²) in [4.78, 5) is 17.9. The number of nitrogens with zero attached hydrogens (tertiary/aromatic N) is 2. The molecule has 4 nitrogen and oxygen atoms in total. The van der Waals surface area contributed by atoms with Crippen LogP contribution in [-0.4, -0.2) is 22.2 Å². The number of benzene rings is 2. The first-order chi connectivity index (χ1) is 16.8. The molecule has 0 spiro atoms. The van der Waals surface area contributed by atoms with E-state index in [0.29, 0.717) is 5.92 Å². The van der Waals surface area contributed by atoms with Crippen LogP contribution < -0.4 is 0 Å². The van der Waals surface area contributed by atoms with Gasteiger partial charge in [-0.05, 0) is 80.6 Å². The van der Waals surface area contributed by atoms with E-state index in [4.69, 9.17) is 4.99 Å². The van der Waals surface area contributed by atoms with Gasteiger partial charge < -0.3 is 0 Å². The molecule has 0 bridgehead atoms. The summed E-state index contributed by atoms with van der Waals surface area (Å²) < 4.78 is 0. The molecular formula is C30H33N3O. The zero-order chi connectivity index (χ0) is 23.2. The van der Waals surface area contributed by atoms with Crippen molar-refractivity contribution in [1.82, 2.24) is 10.2 Å². The van der Waals surface area contributed by atoms with E-state index in [-0.39, 0.29) is 5.78 Å². The number of H-pyrrole nitrogens is 1. The normalized spacial score (nSPS) is 19.1. The lowest BCUT2D eigenvalue weighted by molar-refractivity contribution is 0.102. The number of fused-ring (bicyclic) bond motifs is 1. The number of para-hydroxylation sites is 1. The fourth-order valence-electron chi connectivity index (χ4n) is 5.13. The number of nitrogens with one attached hydrogen (secondary N) is 1. The third-order valence-corrected chi connectivity index (χ3v) is 7.08. The Kier molecular flexibility index (Phi) is 7.13. The summed E-state index contributed by atoms with van der Waals surface area (Å²) in [7, 11) is 0. The number of aryl methyl sites for hydroxylation is 1. The smallest absolute Gasteiger partial charge is 0.188 e. The summed E-state index contributed by atoms with van der Waals surface area (Å²) >= 11 is 0. The van der Waals surface area contributed by atoms with Crippen LogP contribution in [-0.2, 0) is 6.42 Å². The molecule has 0 fully saturated rings. The molecule has 1 aliphatic heterocycles. The maximum Gasteiger partial charge on any atom is 0.188 e. The van der Waals surface area contributed by atoms with E-state index in [1.807, 2.05) is 36.5 Å². The Morgan fingerprint density at radius 1 is 1.00 bits per heavy atom. The Hall–Kier alpha value is -3.27. The van der Waals surface area contributed by atoms with Crippen molar-refractivity contribution < 1.29 is 4.79 Å². The number of hydrogen-bond acceptors (Lipinski definition) is 3. The maximum absolute atomic E-state index is 13.1. The SMILES string of the molecule is O=C(C1=CCCCCCC1)c1cccc(CCC2C=C(c3n[nH]c4ccccc34)N=CCC2)c1. The predicted molar refractivity (Wildman–Crippen MR) is 140 cm³/mol. The third kappa shape index (κ3) is 5.27. The van der Waals surface area contributed by atoms with Crippen molar-refractivity contribution in [2.45, 2.75) is 64.2 Å².